The van der Waals surface area contributed by atoms with Gasteiger partial charge >= 0.3 is 6.08 Å². The van der Waals surface area contributed by atoms with Gasteiger partial charge in [0, 0.05) is 51.2 Å². The molecule has 2 aliphatic heterocycles. The summed E-state index contributed by atoms with van der Waals surface area (Å²) in [6.07, 6.45) is 3.98. The zero-order valence-electron chi connectivity index (χ0n) is 14.5. The minimum absolute atomic E-state index is 0.105. The number of nitrogens with zero attached hydrogens (tertiary/aromatic N) is 5. The SMILES string of the molecule is CC(C)N1CCN(C(=O)C2CCN(c3cnc(F)nc3)CC2)CC1. The van der Waals surface area contributed by atoms with Crippen molar-refractivity contribution in [2.45, 2.75) is 32.7 Å². The molecule has 0 atom stereocenters. The van der Waals surface area contributed by atoms with Crippen LogP contribution in [0.3, 0.4) is 0 Å². The molecule has 2 aliphatic rings. The van der Waals surface area contributed by atoms with Gasteiger partial charge in [-0.15, -0.1) is 0 Å². The number of amides is 1. The molecular weight excluding hydrogens is 309 g/mol. The Morgan fingerprint density at radius 2 is 1.67 bits per heavy atom. The fourth-order valence-electron chi connectivity index (χ4n) is 3.57. The van der Waals surface area contributed by atoms with E-state index in [1.54, 1.807) is 0 Å². The molecule has 2 saturated heterocycles. The van der Waals surface area contributed by atoms with Crippen LogP contribution in [0.2, 0.25) is 0 Å². The molecule has 0 aromatic carbocycles. The van der Waals surface area contributed by atoms with Crippen LogP contribution in [0.25, 0.3) is 0 Å². The first-order valence-corrected chi connectivity index (χ1v) is 8.80. The maximum atomic E-state index is 12.8. The van der Waals surface area contributed by atoms with Crippen molar-refractivity contribution in [3.05, 3.63) is 18.5 Å². The largest absolute Gasteiger partial charge is 0.369 e. The second kappa shape index (κ2) is 7.42. The van der Waals surface area contributed by atoms with Gasteiger partial charge in [0.2, 0.25) is 5.91 Å². The summed E-state index contributed by atoms with van der Waals surface area (Å²) in [4.78, 5) is 26.5. The van der Waals surface area contributed by atoms with E-state index >= 15 is 0 Å². The number of piperazine rings is 1. The summed E-state index contributed by atoms with van der Waals surface area (Å²) in [5.74, 6) is 0.404. The van der Waals surface area contributed by atoms with Crippen LogP contribution < -0.4 is 4.90 Å². The van der Waals surface area contributed by atoms with Crippen LogP contribution in [0.4, 0.5) is 10.1 Å². The van der Waals surface area contributed by atoms with Crippen molar-refractivity contribution < 1.29 is 9.18 Å². The molecule has 0 bridgehead atoms. The van der Waals surface area contributed by atoms with E-state index in [9.17, 15) is 9.18 Å². The highest BCUT2D eigenvalue weighted by atomic mass is 19.1. The number of aromatic nitrogens is 2. The molecule has 0 aliphatic carbocycles. The van der Waals surface area contributed by atoms with Gasteiger partial charge in [-0.2, -0.15) is 4.39 Å². The van der Waals surface area contributed by atoms with Crippen LogP contribution in [0.15, 0.2) is 12.4 Å². The number of piperidine rings is 1. The molecule has 1 aromatic heterocycles. The Bertz CT molecular complexity index is 549. The topological polar surface area (TPSA) is 52.6 Å². The van der Waals surface area contributed by atoms with E-state index in [0.717, 1.165) is 57.8 Å². The maximum Gasteiger partial charge on any atom is 0.308 e. The molecule has 0 unspecified atom stereocenters. The molecule has 132 valence electrons. The molecule has 0 spiro atoms. The second-order valence-corrected chi connectivity index (χ2v) is 6.93. The number of hydrogen-bond acceptors (Lipinski definition) is 5. The van der Waals surface area contributed by atoms with Gasteiger partial charge in [0.15, 0.2) is 0 Å². The summed E-state index contributed by atoms with van der Waals surface area (Å²) >= 11 is 0. The Kier molecular flexibility index (Phi) is 5.28. The van der Waals surface area contributed by atoms with E-state index < -0.39 is 6.08 Å². The van der Waals surface area contributed by atoms with Crippen molar-refractivity contribution in [2.24, 2.45) is 5.92 Å². The Balaban J connectivity index is 1.49. The fraction of sp³-hybridized carbons (Fsp3) is 0.706. The highest BCUT2D eigenvalue weighted by molar-refractivity contribution is 5.79. The van der Waals surface area contributed by atoms with Crippen molar-refractivity contribution in [3.8, 4) is 0 Å². The van der Waals surface area contributed by atoms with Crippen molar-refractivity contribution >= 4 is 11.6 Å². The third kappa shape index (κ3) is 3.83. The Hall–Kier alpha value is -1.76. The van der Waals surface area contributed by atoms with Crippen LogP contribution in [-0.2, 0) is 4.79 Å². The van der Waals surface area contributed by atoms with Crippen LogP contribution in [0.5, 0.6) is 0 Å². The third-order valence-electron chi connectivity index (χ3n) is 5.17. The number of anilines is 1. The second-order valence-electron chi connectivity index (χ2n) is 6.93. The standard InChI is InChI=1S/C17H26FN5O/c1-13(2)21-7-9-23(10-8-21)16(24)14-3-5-22(6-4-14)15-11-19-17(18)20-12-15/h11-14H,3-10H2,1-2H3. The average molecular weight is 335 g/mol. The Morgan fingerprint density at radius 3 is 2.21 bits per heavy atom. The highest BCUT2D eigenvalue weighted by Crippen LogP contribution is 2.24. The van der Waals surface area contributed by atoms with E-state index in [-0.39, 0.29) is 5.92 Å². The molecule has 7 heteroatoms. The molecular formula is C17H26FN5O. The first kappa shape index (κ1) is 17.1. The normalized spacial score (nSPS) is 20.7. The van der Waals surface area contributed by atoms with E-state index in [1.807, 2.05) is 4.90 Å². The summed E-state index contributed by atoms with van der Waals surface area (Å²) in [6, 6.07) is 0.545. The molecule has 24 heavy (non-hydrogen) atoms. The van der Waals surface area contributed by atoms with Gasteiger partial charge in [0.05, 0.1) is 18.1 Å². The van der Waals surface area contributed by atoms with Crippen LogP contribution in [-0.4, -0.2) is 71.0 Å². The van der Waals surface area contributed by atoms with Gasteiger partial charge < -0.3 is 9.80 Å². The average Bonchev–Trinajstić information content (AvgIpc) is 2.62. The van der Waals surface area contributed by atoms with Gasteiger partial charge in [-0.25, -0.2) is 9.97 Å². The van der Waals surface area contributed by atoms with Crippen molar-refractivity contribution in [3.63, 3.8) is 0 Å². The summed E-state index contributed by atoms with van der Waals surface area (Å²) in [7, 11) is 0. The number of halogens is 1. The monoisotopic (exact) mass is 335 g/mol. The minimum atomic E-state index is -0.704. The van der Waals surface area contributed by atoms with Crippen molar-refractivity contribution in [1.29, 1.82) is 0 Å². The van der Waals surface area contributed by atoms with Crippen LogP contribution in [0, 0.1) is 12.0 Å². The predicted octanol–water partition coefficient (Wildman–Crippen LogP) is 1.38. The van der Waals surface area contributed by atoms with E-state index in [4.69, 9.17) is 0 Å². The van der Waals surface area contributed by atoms with Gasteiger partial charge in [0.1, 0.15) is 0 Å². The van der Waals surface area contributed by atoms with Gasteiger partial charge in [-0.05, 0) is 26.7 Å². The van der Waals surface area contributed by atoms with Gasteiger partial charge in [-0.1, -0.05) is 0 Å². The molecule has 1 aromatic rings. The molecule has 0 radical (unpaired) electrons. The lowest BCUT2D eigenvalue weighted by molar-refractivity contribution is -0.138. The molecule has 0 N–H and O–H groups in total. The summed E-state index contributed by atoms with van der Waals surface area (Å²) in [5.41, 5.74) is 0.827. The zero-order valence-corrected chi connectivity index (χ0v) is 14.5. The van der Waals surface area contributed by atoms with Gasteiger partial charge in [0.25, 0.3) is 0 Å². The number of hydrogen-bond donors (Lipinski definition) is 0. The summed E-state index contributed by atoms with van der Waals surface area (Å²) in [6.45, 7) is 9.59. The zero-order chi connectivity index (χ0) is 17.1. The Morgan fingerprint density at radius 1 is 1.08 bits per heavy atom. The quantitative estimate of drug-likeness (QED) is 0.781. The smallest absolute Gasteiger partial charge is 0.308 e. The lowest BCUT2D eigenvalue weighted by atomic mass is 9.94. The molecule has 0 saturated carbocycles. The lowest BCUT2D eigenvalue weighted by Crippen LogP contribution is -2.53. The Labute approximate surface area is 142 Å². The molecule has 3 rings (SSSR count). The maximum absolute atomic E-state index is 12.8. The molecule has 2 fully saturated rings. The lowest BCUT2D eigenvalue weighted by Gasteiger charge is -2.40. The van der Waals surface area contributed by atoms with Crippen LogP contribution in [0.1, 0.15) is 26.7 Å². The molecule has 3 heterocycles. The fourth-order valence-corrected chi connectivity index (χ4v) is 3.57. The van der Waals surface area contributed by atoms with Gasteiger partial charge in [-0.3, -0.25) is 9.69 Å². The first-order chi connectivity index (χ1) is 11.5. The summed E-state index contributed by atoms with van der Waals surface area (Å²) < 4.78 is 12.8. The van der Waals surface area contributed by atoms with E-state index in [2.05, 4.69) is 33.6 Å². The highest BCUT2D eigenvalue weighted by Gasteiger charge is 2.31. The van der Waals surface area contributed by atoms with E-state index in [0.29, 0.717) is 11.9 Å². The number of carbonyl (C=O) groups is 1. The predicted molar refractivity (Wildman–Crippen MR) is 90.2 cm³/mol. The first-order valence-electron chi connectivity index (χ1n) is 8.80. The van der Waals surface area contributed by atoms with Crippen LogP contribution >= 0.6 is 0 Å². The minimum Gasteiger partial charge on any atom is -0.369 e. The van der Waals surface area contributed by atoms with Crippen molar-refractivity contribution in [2.75, 3.05) is 44.2 Å². The number of rotatable bonds is 3. The molecule has 6 nitrogen and oxygen atoms in total. The van der Waals surface area contributed by atoms with Crippen molar-refractivity contribution in [1.82, 2.24) is 19.8 Å². The summed E-state index contributed by atoms with van der Waals surface area (Å²) in [5, 5.41) is 0. The third-order valence-corrected chi connectivity index (χ3v) is 5.17. The number of carbonyl (C=O) groups excluding carboxylic acids is 1. The molecule has 1 amide bonds. The van der Waals surface area contributed by atoms with E-state index in [1.165, 1.54) is 12.4 Å².